The monoisotopic (exact) mass is 917 g/mol. The molecule has 0 saturated heterocycles. The van der Waals surface area contributed by atoms with Gasteiger partial charge >= 0.3 is 0 Å². The van der Waals surface area contributed by atoms with Gasteiger partial charge in [0.1, 0.15) is 11.6 Å². The molecule has 10 rings (SSSR count). The molecule has 4 nitrogen and oxygen atoms in total. The SMILES string of the molecule is [2H]C([2H])([2H])c1cc(-n2c(-c3cc(C([2H])(C)C)cc(C([2H])(C)C)c3O)nc3c(-c4cc(-c5ccccc5)cc(-c5cc(-c6ccc(C)cc6)ccn5)c4)cccc32)c(-c2ccccc2)cc1-c1ccc(C(C)(C)C)cc1. The molecule has 0 bridgehead atoms. The molecule has 0 spiro atoms. The molecule has 346 valence electrons. The molecule has 0 aliphatic rings. The Morgan fingerprint density at radius 2 is 1.19 bits per heavy atom. The Balaban J connectivity index is 1.31. The molecule has 0 atom stereocenters. The van der Waals surface area contributed by atoms with Crippen LogP contribution in [0.4, 0.5) is 0 Å². The van der Waals surface area contributed by atoms with Crippen LogP contribution in [0.3, 0.4) is 0 Å². The van der Waals surface area contributed by atoms with Crippen LogP contribution in [0.5, 0.6) is 5.75 Å². The average Bonchev–Trinajstić information content (AvgIpc) is 3.78. The quantitative estimate of drug-likeness (QED) is 0.149. The van der Waals surface area contributed by atoms with Crippen LogP contribution in [-0.4, -0.2) is 19.6 Å². The van der Waals surface area contributed by atoms with Gasteiger partial charge < -0.3 is 5.11 Å². The molecular formula is C66H61N3O. The molecule has 0 aliphatic carbocycles. The summed E-state index contributed by atoms with van der Waals surface area (Å²) in [4.78, 5) is 10.5. The number of rotatable bonds is 10. The molecule has 1 N–H and O–H groups in total. The van der Waals surface area contributed by atoms with E-state index in [1.165, 1.54) is 5.56 Å². The molecule has 10 aromatic rings. The summed E-state index contributed by atoms with van der Waals surface area (Å²) in [6.07, 6.45) is 1.85. The first-order valence-corrected chi connectivity index (χ1v) is 24.0. The third-order valence-corrected chi connectivity index (χ3v) is 13.5. The van der Waals surface area contributed by atoms with Gasteiger partial charge in [-0.1, -0.05) is 181 Å². The van der Waals surface area contributed by atoms with E-state index in [1.807, 2.05) is 102 Å². The van der Waals surface area contributed by atoms with E-state index in [2.05, 4.69) is 100 Å². The highest BCUT2D eigenvalue weighted by Gasteiger charge is 2.26. The van der Waals surface area contributed by atoms with E-state index in [1.54, 1.807) is 45.9 Å². The molecule has 0 amide bonds. The topological polar surface area (TPSA) is 50.9 Å². The molecule has 2 aromatic heterocycles. The lowest BCUT2D eigenvalue weighted by Gasteiger charge is -2.22. The summed E-state index contributed by atoms with van der Waals surface area (Å²) >= 11 is 0. The van der Waals surface area contributed by atoms with E-state index in [0.29, 0.717) is 44.8 Å². The normalized spacial score (nSPS) is 13.3. The number of para-hydroxylation sites is 1. The van der Waals surface area contributed by atoms with Crippen LogP contribution in [-0.2, 0) is 5.41 Å². The number of benzene rings is 8. The van der Waals surface area contributed by atoms with Gasteiger partial charge in [0.15, 0.2) is 0 Å². The Morgan fingerprint density at radius 3 is 1.86 bits per heavy atom. The maximum Gasteiger partial charge on any atom is 0.149 e. The number of nitrogens with zero attached hydrogens (tertiary/aromatic N) is 3. The van der Waals surface area contributed by atoms with E-state index >= 15 is 0 Å². The first kappa shape index (κ1) is 40.1. The number of hydrogen-bond acceptors (Lipinski definition) is 3. The van der Waals surface area contributed by atoms with Crippen LogP contribution < -0.4 is 0 Å². The minimum absolute atomic E-state index is 0.108. The van der Waals surface area contributed by atoms with Crippen molar-refractivity contribution in [2.45, 2.75) is 79.4 Å². The zero-order chi connectivity index (χ0) is 53.2. The number of hydrogen-bond donors (Lipinski definition) is 1. The van der Waals surface area contributed by atoms with Crippen molar-refractivity contribution in [2.75, 3.05) is 0 Å². The van der Waals surface area contributed by atoms with Gasteiger partial charge in [-0.2, -0.15) is 0 Å². The second-order valence-electron chi connectivity index (χ2n) is 19.9. The van der Waals surface area contributed by atoms with Crippen molar-refractivity contribution in [1.29, 1.82) is 0 Å². The minimum Gasteiger partial charge on any atom is -0.507 e. The van der Waals surface area contributed by atoms with Crippen molar-refractivity contribution in [3.63, 3.8) is 0 Å². The second-order valence-corrected chi connectivity index (χ2v) is 19.9. The van der Waals surface area contributed by atoms with Gasteiger partial charge in [0.2, 0.25) is 0 Å². The number of phenolic OH excluding ortho intramolecular Hbond substituents is 1. The van der Waals surface area contributed by atoms with Crippen LogP contribution in [0.1, 0.15) is 94.9 Å². The molecule has 0 radical (unpaired) electrons. The molecule has 70 heavy (non-hydrogen) atoms. The van der Waals surface area contributed by atoms with Gasteiger partial charge in [0.05, 0.1) is 28.0 Å². The van der Waals surface area contributed by atoms with E-state index in [9.17, 15) is 7.85 Å². The minimum atomic E-state index is -2.55. The van der Waals surface area contributed by atoms with E-state index in [-0.39, 0.29) is 16.7 Å². The van der Waals surface area contributed by atoms with Crippen LogP contribution in [0.2, 0.25) is 0 Å². The predicted octanol–water partition coefficient (Wildman–Crippen LogP) is 18.0. The van der Waals surface area contributed by atoms with E-state index in [4.69, 9.17) is 14.1 Å². The van der Waals surface area contributed by atoms with Crippen molar-refractivity contribution < 1.29 is 12.0 Å². The summed E-state index contributed by atoms with van der Waals surface area (Å²) in [6.45, 7) is 13.0. The summed E-state index contributed by atoms with van der Waals surface area (Å²) < 4.78 is 47.9. The standard InChI is InChI=1S/C66H61N3O/c1-41(2)50-37-56(42(3)4)64(70)59(38-50)65-68-63-55(52-34-51(45-17-12-10-13-18-45)35-53(36-52)60-39-49(31-32-67-60)46-25-23-43(5)24-26-46)21-16-22-61(63)69(65)62-33-44(6)57(40-58(62)47-19-14-11-15-20-47)48-27-29-54(30-28-48)66(7,8)9/h10-42,70H,1-9H3/i6D3,41D,42D. The molecule has 4 heteroatoms. The molecule has 8 aromatic carbocycles. The number of aromatic hydroxyl groups is 1. The summed E-state index contributed by atoms with van der Waals surface area (Å²) in [5, 5.41) is 12.6. The van der Waals surface area contributed by atoms with Gasteiger partial charge in [0.25, 0.3) is 0 Å². The number of phenols is 1. The first-order chi connectivity index (χ1) is 35.5. The van der Waals surface area contributed by atoms with Crippen molar-refractivity contribution in [3.05, 3.63) is 216 Å². The maximum atomic E-state index is 12.6. The lowest BCUT2D eigenvalue weighted by Crippen LogP contribution is -2.10. The Bertz CT molecular complexity index is 3750. The fraction of sp³-hybridized carbons (Fsp3) is 0.182. The fourth-order valence-corrected chi connectivity index (χ4v) is 9.48. The molecule has 0 saturated carbocycles. The molecular weight excluding hydrogens is 851 g/mol. The molecule has 0 aliphatic heterocycles. The van der Waals surface area contributed by atoms with Crippen LogP contribution in [0.25, 0.3) is 95.0 Å². The number of aryl methyl sites for hydroxylation is 2. The van der Waals surface area contributed by atoms with Crippen molar-refractivity contribution >= 4 is 11.0 Å². The summed E-state index contributed by atoms with van der Waals surface area (Å²) in [5.41, 5.74) is 15.9. The smallest absolute Gasteiger partial charge is 0.149 e. The fourth-order valence-electron chi connectivity index (χ4n) is 9.48. The van der Waals surface area contributed by atoms with E-state index < -0.39 is 18.6 Å². The number of aromatic nitrogens is 3. The number of pyridine rings is 1. The van der Waals surface area contributed by atoms with Crippen LogP contribution in [0, 0.1) is 13.8 Å². The highest BCUT2D eigenvalue weighted by Crippen LogP contribution is 2.45. The van der Waals surface area contributed by atoms with Gasteiger partial charge in [-0.3, -0.25) is 9.55 Å². The van der Waals surface area contributed by atoms with Crippen LogP contribution >= 0.6 is 0 Å². The van der Waals surface area contributed by atoms with Crippen molar-refractivity contribution in [1.82, 2.24) is 14.5 Å². The van der Waals surface area contributed by atoms with Crippen molar-refractivity contribution in [2.24, 2.45) is 0 Å². The first-order valence-electron chi connectivity index (χ1n) is 26.5. The Morgan fingerprint density at radius 1 is 0.543 bits per heavy atom. The zero-order valence-corrected chi connectivity index (χ0v) is 41.2. The number of fused-ring (bicyclic) bond motifs is 1. The largest absolute Gasteiger partial charge is 0.507 e. The van der Waals surface area contributed by atoms with Crippen molar-refractivity contribution in [3.8, 4) is 89.7 Å². The lowest BCUT2D eigenvalue weighted by molar-refractivity contribution is 0.466. The third-order valence-electron chi connectivity index (χ3n) is 13.5. The van der Waals surface area contributed by atoms with Gasteiger partial charge in [-0.15, -0.1) is 0 Å². The highest BCUT2D eigenvalue weighted by atomic mass is 16.3. The third kappa shape index (κ3) is 8.87. The van der Waals surface area contributed by atoms with Gasteiger partial charge in [0, 0.05) is 29.7 Å². The number of imidazole rings is 1. The lowest BCUT2D eigenvalue weighted by atomic mass is 9.85. The zero-order valence-electron chi connectivity index (χ0n) is 46.2. The van der Waals surface area contributed by atoms with Gasteiger partial charge in [-0.05, 0) is 152 Å². The Hall–Kier alpha value is -7.82. The van der Waals surface area contributed by atoms with Crippen LogP contribution in [0.15, 0.2) is 188 Å². The maximum absolute atomic E-state index is 12.6. The highest BCUT2D eigenvalue weighted by molar-refractivity contribution is 5.99. The van der Waals surface area contributed by atoms with E-state index in [0.717, 1.165) is 66.9 Å². The molecule has 0 unspecified atom stereocenters. The summed E-state index contributed by atoms with van der Waals surface area (Å²) in [5.74, 6) is -2.21. The Labute approximate surface area is 421 Å². The summed E-state index contributed by atoms with van der Waals surface area (Å²) in [6, 6.07) is 60.8. The molecule has 2 heterocycles. The molecule has 0 fully saturated rings. The average molecular weight is 917 g/mol. The van der Waals surface area contributed by atoms with Gasteiger partial charge in [-0.25, -0.2) is 4.98 Å². The Kier molecular flexibility index (Phi) is 10.6. The second kappa shape index (κ2) is 18.6. The predicted molar refractivity (Wildman–Crippen MR) is 295 cm³/mol. The summed E-state index contributed by atoms with van der Waals surface area (Å²) in [7, 11) is 0.